The zero-order valence-electron chi connectivity index (χ0n) is 11.1. The van der Waals surface area contributed by atoms with Crippen LogP contribution in [0.4, 0.5) is 0 Å². The highest BCUT2D eigenvalue weighted by molar-refractivity contribution is 5.97. The molecule has 0 amide bonds. The quantitative estimate of drug-likeness (QED) is 0.772. The van der Waals surface area contributed by atoms with Crippen LogP contribution in [0.25, 0.3) is 0 Å². The Morgan fingerprint density at radius 1 is 1.32 bits per heavy atom. The molecule has 2 aromatic rings. The molecule has 0 spiro atoms. The van der Waals surface area contributed by atoms with Crippen molar-refractivity contribution in [2.75, 3.05) is 6.61 Å². The van der Waals surface area contributed by atoms with Gasteiger partial charge in [0.25, 0.3) is 0 Å². The lowest BCUT2D eigenvalue weighted by molar-refractivity contribution is 0.0991. The van der Waals surface area contributed by atoms with Crippen LogP contribution in [0.3, 0.4) is 0 Å². The van der Waals surface area contributed by atoms with Crippen molar-refractivity contribution < 1.29 is 9.53 Å². The molecule has 0 saturated heterocycles. The van der Waals surface area contributed by atoms with Gasteiger partial charge in [0.05, 0.1) is 18.7 Å². The molecular formula is C15H16N2O2. The summed E-state index contributed by atoms with van der Waals surface area (Å²) in [5.41, 5.74) is 2.32. The van der Waals surface area contributed by atoms with Gasteiger partial charge in [-0.25, -0.2) is 0 Å². The Labute approximate surface area is 112 Å². The molecule has 0 N–H and O–H groups in total. The van der Waals surface area contributed by atoms with Gasteiger partial charge >= 0.3 is 0 Å². The van der Waals surface area contributed by atoms with Gasteiger partial charge in [0.2, 0.25) is 0 Å². The van der Waals surface area contributed by atoms with Crippen molar-refractivity contribution in [3.8, 4) is 5.75 Å². The van der Waals surface area contributed by atoms with Crippen LogP contribution in [0.2, 0.25) is 0 Å². The van der Waals surface area contributed by atoms with Gasteiger partial charge in [0.15, 0.2) is 5.78 Å². The predicted octanol–water partition coefficient (Wildman–Crippen LogP) is 2.61. The average molecular weight is 256 g/mol. The standard InChI is InChI=1S/C15H16N2O2/c1-3-19-15-7-6-12(9-11(15)2)14(18)10-13-5-4-8-16-17-13/h4-9H,3,10H2,1-2H3. The number of nitrogens with zero attached hydrogens (tertiary/aromatic N) is 2. The molecule has 1 aromatic heterocycles. The summed E-state index contributed by atoms with van der Waals surface area (Å²) in [6.07, 6.45) is 1.86. The van der Waals surface area contributed by atoms with Crippen molar-refractivity contribution >= 4 is 5.78 Å². The molecule has 0 saturated carbocycles. The van der Waals surface area contributed by atoms with E-state index in [0.717, 1.165) is 11.3 Å². The average Bonchev–Trinajstić information content (AvgIpc) is 2.42. The van der Waals surface area contributed by atoms with Gasteiger partial charge in [-0.2, -0.15) is 10.2 Å². The molecule has 0 aliphatic rings. The van der Waals surface area contributed by atoms with Crippen LogP contribution in [0, 0.1) is 6.92 Å². The topological polar surface area (TPSA) is 52.1 Å². The molecule has 4 nitrogen and oxygen atoms in total. The SMILES string of the molecule is CCOc1ccc(C(=O)Cc2cccnn2)cc1C. The first-order valence-corrected chi connectivity index (χ1v) is 6.24. The van der Waals surface area contributed by atoms with E-state index in [1.807, 2.05) is 26.0 Å². The maximum atomic E-state index is 12.1. The molecule has 4 heteroatoms. The number of carbonyl (C=O) groups is 1. The minimum Gasteiger partial charge on any atom is -0.494 e. The van der Waals surface area contributed by atoms with Crippen molar-refractivity contribution in [3.63, 3.8) is 0 Å². The number of hydrogen-bond acceptors (Lipinski definition) is 4. The van der Waals surface area contributed by atoms with E-state index in [1.165, 1.54) is 0 Å². The number of aromatic nitrogens is 2. The van der Waals surface area contributed by atoms with Gasteiger partial charge in [0, 0.05) is 11.8 Å². The van der Waals surface area contributed by atoms with Crippen LogP contribution in [-0.2, 0) is 6.42 Å². The van der Waals surface area contributed by atoms with Gasteiger partial charge in [-0.15, -0.1) is 0 Å². The van der Waals surface area contributed by atoms with Crippen LogP contribution >= 0.6 is 0 Å². The monoisotopic (exact) mass is 256 g/mol. The molecule has 98 valence electrons. The summed E-state index contributed by atoms with van der Waals surface area (Å²) in [7, 11) is 0. The van der Waals surface area contributed by atoms with E-state index in [1.54, 1.807) is 24.4 Å². The Bertz CT molecular complexity index is 568. The Kier molecular flexibility index (Phi) is 4.23. The van der Waals surface area contributed by atoms with Crippen molar-refractivity contribution in [3.05, 3.63) is 53.3 Å². The van der Waals surface area contributed by atoms with Gasteiger partial charge in [-0.3, -0.25) is 4.79 Å². The summed E-state index contributed by atoms with van der Waals surface area (Å²) in [5, 5.41) is 7.68. The summed E-state index contributed by atoms with van der Waals surface area (Å²) in [6.45, 7) is 4.49. The summed E-state index contributed by atoms with van der Waals surface area (Å²) >= 11 is 0. The van der Waals surface area contributed by atoms with Gasteiger partial charge < -0.3 is 4.74 Å². The van der Waals surface area contributed by atoms with Gasteiger partial charge in [-0.1, -0.05) is 0 Å². The van der Waals surface area contributed by atoms with Gasteiger partial charge in [0.1, 0.15) is 5.75 Å². The smallest absolute Gasteiger partial charge is 0.168 e. The lowest BCUT2D eigenvalue weighted by Gasteiger charge is -2.08. The molecule has 1 heterocycles. The lowest BCUT2D eigenvalue weighted by Crippen LogP contribution is -2.06. The Morgan fingerprint density at radius 2 is 2.16 bits per heavy atom. The highest BCUT2D eigenvalue weighted by Crippen LogP contribution is 2.20. The normalized spacial score (nSPS) is 10.2. The van der Waals surface area contributed by atoms with E-state index >= 15 is 0 Å². The van der Waals surface area contributed by atoms with Crippen molar-refractivity contribution in [2.45, 2.75) is 20.3 Å². The zero-order valence-corrected chi connectivity index (χ0v) is 11.1. The van der Waals surface area contributed by atoms with E-state index in [2.05, 4.69) is 10.2 Å². The molecule has 0 fully saturated rings. The number of ether oxygens (including phenoxy) is 1. The number of benzene rings is 1. The molecule has 19 heavy (non-hydrogen) atoms. The van der Waals surface area contributed by atoms with Crippen LogP contribution < -0.4 is 4.74 Å². The molecule has 0 aliphatic heterocycles. The minimum atomic E-state index is 0.0339. The molecule has 2 rings (SSSR count). The number of hydrogen-bond donors (Lipinski definition) is 0. The number of Topliss-reactive ketones (excluding diaryl/α,β-unsaturated/α-hetero) is 1. The Hall–Kier alpha value is -2.23. The minimum absolute atomic E-state index is 0.0339. The molecule has 0 aliphatic carbocycles. The molecule has 0 radical (unpaired) electrons. The summed E-state index contributed by atoms with van der Waals surface area (Å²) in [5.74, 6) is 0.852. The molecular weight excluding hydrogens is 240 g/mol. The lowest BCUT2D eigenvalue weighted by atomic mass is 10.0. The van der Waals surface area contributed by atoms with Crippen LogP contribution in [0.15, 0.2) is 36.5 Å². The van der Waals surface area contributed by atoms with E-state index in [0.29, 0.717) is 17.9 Å². The second-order valence-electron chi connectivity index (χ2n) is 4.23. The fourth-order valence-corrected chi connectivity index (χ4v) is 1.83. The van der Waals surface area contributed by atoms with E-state index in [9.17, 15) is 4.79 Å². The highest BCUT2D eigenvalue weighted by atomic mass is 16.5. The van der Waals surface area contributed by atoms with Crippen LogP contribution in [0.5, 0.6) is 5.75 Å². The maximum absolute atomic E-state index is 12.1. The molecule has 0 unspecified atom stereocenters. The van der Waals surface area contributed by atoms with Crippen molar-refractivity contribution in [2.24, 2.45) is 0 Å². The predicted molar refractivity (Wildman–Crippen MR) is 72.4 cm³/mol. The third-order valence-corrected chi connectivity index (χ3v) is 2.77. The Morgan fingerprint density at radius 3 is 2.79 bits per heavy atom. The first-order valence-electron chi connectivity index (χ1n) is 6.24. The number of rotatable bonds is 5. The summed E-state index contributed by atoms with van der Waals surface area (Å²) < 4.78 is 5.46. The third kappa shape index (κ3) is 3.37. The largest absolute Gasteiger partial charge is 0.494 e. The zero-order chi connectivity index (χ0) is 13.7. The van der Waals surface area contributed by atoms with Crippen LogP contribution in [0.1, 0.15) is 28.5 Å². The van der Waals surface area contributed by atoms with E-state index < -0.39 is 0 Å². The third-order valence-electron chi connectivity index (χ3n) is 2.77. The number of aryl methyl sites for hydroxylation is 1. The second kappa shape index (κ2) is 6.09. The molecule has 0 bridgehead atoms. The summed E-state index contributed by atoms with van der Waals surface area (Å²) in [6, 6.07) is 9.05. The van der Waals surface area contributed by atoms with Crippen molar-refractivity contribution in [1.82, 2.24) is 10.2 Å². The maximum Gasteiger partial charge on any atom is 0.168 e. The van der Waals surface area contributed by atoms with E-state index in [4.69, 9.17) is 4.74 Å². The summed E-state index contributed by atoms with van der Waals surface area (Å²) in [4.78, 5) is 12.1. The second-order valence-corrected chi connectivity index (χ2v) is 4.23. The fourth-order valence-electron chi connectivity index (χ4n) is 1.83. The fraction of sp³-hybridized carbons (Fsp3) is 0.267. The highest BCUT2D eigenvalue weighted by Gasteiger charge is 2.10. The van der Waals surface area contributed by atoms with Crippen molar-refractivity contribution in [1.29, 1.82) is 0 Å². The van der Waals surface area contributed by atoms with E-state index in [-0.39, 0.29) is 12.2 Å². The van der Waals surface area contributed by atoms with Crippen LogP contribution in [-0.4, -0.2) is 22.6 Å². The first kappa shape index (κ1) is 13.2. The molecule has 1 aromatic carbocycles. The van der Waals surface area contributed by atoms with Gasteiger partial charge in [-0.05, 0) is 49.7 Å². The first-order chi connectivity index (χ1) is 9.20. The number of ketones is 1. The Balaban J connectivity index is 2.14. The number of carbonyl (C=O) groups excluding carboxylic acids is 1. The molecule has 0 atom stereocenters.